The molecule has 1 saturated heterocycles. The maximum Gasteiger partial charge on any atom is 0.352 e. The number of aromatic nitrogens is 5. The number of H-pyrrole nitrogens is 1. The number of carbonyl (C=O) groups is 4. The molecule has 5 N–H and O–H groups in total. The summed E-state index contributed by atoms with van der Waals surface area (Å²) in [5.74, 6) is -3.02. The molecule has 2 aromatic heterocycles. The maximum absolute atomic E-state index is 13.5. The lowest BCUT2D eigenvalue weighted by Crippen LogP contribution is -2.71. The molecule has 0 saturated carbocycles. The average Bonchev–Trinajstić information content (AvgIpc) is 3.37. The number of fused-ring (bicyclic) bond motifs is 1. The molecule has 1 aromatic carbocycles. The van der Waals surface area contributed by atoms with E-state index in [1.54, 1.807) is 14.0 Å². The second kappa shape index (κ2) is 11.7. The van der Waals surface area contributed by atoms with Gasteiger partial charge in [-0.15, -0.1) is 16.9 Å². The van der Waals surface area contributed by atoms with E-state index in [0.29, 0.717) is 16.4 Å². The zero-order valence-electron chi connectivity index (χ0n) is 22.1. The average molecular weight is 613 g/mol. The first-order chi connectivity index (χ1) is 20.0. The van der Waals surface area contributed by atoms with Crippen molar-refractivity contribution in [1.82, 2.24) is 40.7 Å². The Kier molecular flexibility index (Phi) is 8.04. The van der Waals surface area contributed by atoms with Crippen LogP contribution < -0.4 is 16.1 Å². The number of aryl methyl sites for hydroxylation is 2. The molecule has 0 bridgehead atoms. The van der Waals surface area contributed by atoms with Crippen molar-refractivity contribution in [2.45, 2.75) is 29.5 Å². The third-order valence-electron chi connectivity index (χ3n) is 6.57. The van der Waals surface area contributed by atoms with Gasteiger partial charge < -0.3 is 25.8 Å². The van der Waals surface area contributed by atoms with Gasteiger partial charge in [0.15, 0.2) is 5.43 Å². The van der Waals surface area contributed by atoms with E-state index in [4.69, 9.17) is 0 Å². The number of phenols is 1. The number of rotatable bonds is 9. The normalized spacial score (nSPS) is 18.6. The highest BCUT2D eigenvalue weighted by atomic mass is 32.2. The molecule has 0 radical (unpaired) electrons. The molecular formula is C25H24N8O7S2. The number of carboxylic acid groups (broad SMARTS) is 1. The number of aromatic hydroxyl groups is 1. The third-order valence-corrected chi connectivity index (χ3v) is 9.01. The highest BCUT2D eigenvalue weighted by Crippen LogP contribution is 2.41. The Bertz CT molecular complexity index is 1670. The van der Waals surface area contributed by atoms with Crippen molar-refractivity contribution in [3.63, 3.8) is 0 Å². The summed E-state index contributed by atoms with van der Waals surface area (Å²) in [6, 6.07) is 4.35. The van der Waals surface area contributed by atoms with Gasteiger partial charge in [-0.1, -0.05) is 23.9 Å². The highest BCUT2D eigenvalue weighted by Gasteiger charge is 2.54. The zero-order chi connectivity index (χ0) is 30.1. The molecule has 3 atom stereocenters. The first-order valence-corrected chi connectivity index (χ1v) is 14.4. The molecule has 3 aromatic rings. The van der Waals surface area contributed by atoms with Gasteiger partial charge in [-0.05, 0) is 40.6 Å². The number of thioether (sulfide) groups is 2. The molecule has 0 aliphatic carbocycles. The van der Waals surface area contributed by atoms with E-state index in [2.05, 4.69) is 31.1 Å². The molecule has 5 rings (SSSR count). The molecule has 2 aliphatic heterocycles. The van der Waals surface area contributed by atoms with Gasteiger partial charge in [0.2, 0.25) is 11.1 Å². The smallest absolute Gasteiger partial charge is 0.352 e. The Morgan fingerprint density at radius 1 is 1.24 bits per heavy atom. The zero-order valence-corrected chi connectivity index (χ0v) is 23.7. The van der Waals surface area contributed by atoms with Crippen LogP contribution in [0, 0.1) is 6.92 Å². The van der Waals surface area contributed by atoms with Crippen molar-refractivity contribution in [2.75, 3.05) is 11.5 Å². The summed E-state index contributed by atoms with van der Waals surface area (Å²) in [6.45, 7) is 1.65. The lowest BCUT2D eigenvalue weighted by atomic mass is 10.0. The largest absolute Gasteiger partial charge is 0.508 e. The van der Waals surface area contributed by atoms with Gasteiger partial charge in [-0.2, -0.15) is 0 Å². The summed E-state index contributed by atoms with van der Waals surface area (Å²) in [5, 5.41) is 35.8. The summed E-state index contributed by atoms with van der Waals surface area (Å²) >= 11 is 2.52. The number of amides is 3. The summed E-state index contributed by atoms with van der Waals surface area (Å²) in [7, 11) is 1.65. The number of carboxylic acids is 1. The molecular weight excluding hydrogens is 588 g/mol. The molecule has 42 heavy (non-hydrogen) atoms. The van der Waals surface area contributed by atoms with Crippen LogP contribution in [0.25, 0.3) is 0 Å². The lowest BCUT2D eigenvalue weighted by Gasteiger charge is -2.49. The van der Waals surface area contributed by atoms with Gasteiger partial charge >= 0.3 is 5.97 Å². The number of hydrogen-bond donors (Lipinski definition) is 5. The van der Waals surface area contributed by atoms with Crippen LogP contribution in [0.15, 0.2) is 57.7 Å². The molecule has 3 amide bonds. The molecule has 218 valence electrons. The number of aliphatic carboxylic acids is 1. The van der Waals surface area contributed by atoms with Crippen molar-refractivity contribution in [3.8, 4) is 5.75 Å². The second-order valence-electron chi connectivity index (χ2n) is 9.42. The number of pyridine rings is 1. The third kappa shape index (κ3) is 5.60. The van der Waals surface area contributed by atoms with Crippen LogP contribution in [0.5, 0.6) is 5.75 Å². The number of hydrogen-bond acceptors (Lipinski definition) is 11. The van der Waals surface area contributed by atoms with Crippen LogP contribution in [0.1, 0.15) is 27.7 Å². The van der Waals surface area contributed by atoms with Crippen LogP contribution in [-0.2, 0) is 21.4 Å². The van der Waals surface area contributed by atoms with E-state index < -0.39 is 46.6 Å². The van der Waals surface area contributed by atoms with Crippen LogP contribution >= 0.6 is 23.5 Å². The number of benzene rings is 1. The molecule has 4 heterocycles. The minimum absolute atomic E-state index is 0.0694. The fourth-order valence-corrected chi connectivity index (χ4v) is 6.79. The Morgan fingerprint density at radius 2 is 1.98 bits per heavy atom. The van der Waals surface area contributed by atoms with Crippen molar-refractivity contribution in [1.29, 1.82) is 0 Å². The van der Waals surface area contributed by atoms with E-state index in [-0.39, 0.29) is 34.1 Å². The Hall–Kier alpha value is -4.64. The van der Waals surface area contributed by atoms with Gasteiger partial charge in [0, 0.05) is 36.5 Å². The molecule has 1 fully saturated rings. The fourth-order valence-electron chi connectivity index (χ4n) is 4.45. The monoisotopic (exact) mass is 612 g/mol. The number of β-lactam (4-membered cyclic amide) rings is 1. The maximum atomic E-state index is 13.5. The van der Waals surface area contributed by atoms with Crippen molar-refractivity contribution in [3.05, 3.63) is 74.8 Å². The second-order valence-corrected chi connectivity index (χ2v) is 11.5. The fraction of sp³-hybridized carbons (Fsp3) is 0.280. The molecule has 0 spiro atoms. The van der Waals surface area contributed by atoms with Crippen LogP contribution in [0.3, 0.4) is 0 Å². The SMILES string of the molecule is Cc1cc(=O)c(C(=O)N[C@H](C(=O)N[C@@H]2C(=O)N3C(C(=O)O)=C(CSc4nnnn4C)CS[C@@H]23)c2ccc(O)cc2)c[nH]1. The number of phenolic OH excluding ortho intramolecular Hbond substituents is 1. The minimum Gasteiger partial charge on any atom is -0.508 e. The minimum atomic E-state index is -1.34. The summed E-state index contributed by atoms with van der Waals surface area (Å²) in [6.07, 6.45) is 1.24. The van der Waals surface area contributed by atoms with Gasteiger partial charge in [-0.3, -0.25) is 24.1 Å². The Labute approximate surface area is 245 Å². The van der Waals surface area contributed by atoms with Crippen LogP contribution in [0.2, 0.25) is 0 Å². The lowest BCUT2D eigenvalue weighted by molar-refractivity contribution is -0.151. The number of nitrogens with one attached hydrogen (secondary N) is 3. The van der Waals surface area contributed by atoms with Crippen molar-refractivity contribution < 1.29 is 29.4 Å². The van der Waals surface area contributed by atoms with Crippen LogP contribution in [0.4, 0.5) is 0 Å². The Balaban J connectivity index is 1.34. The number of tetrazole rings is 1. The van der Waals surface area contributed by atoms with E-state index in [1.807, 2.05) is 0 Å². The van der Waals surface area contributed by atoms with E-state index in [0.717, 1.165) is 4.90 Å². The quantitative estimate of drug-likeness (QED) is 0.159. The Morgan fingerprint density at radius 3 is 2.62 bits per heavy atom. The van der Waals surface area contributed by atoms with E-state index in [1.165, 1.54) is 64.7 Å². The van der Waals surface area contributed by atoms with E-state index in [9.17, 15) is 34.2 Å². The topological polar surface area (TPSA) is 212 Å². The molecule has 0 unspecified atom stereocenters. The van der Waals surface area contributed by atoms with Crippen molar-refractivity contribution >= 4 is 47.2 Å². The van der Waals surface area contributed by atoms with Crippen molar-refractivity contribution in [2.24, 2.45) is 7.05 Å². The standard InChI is InChI=1S/C25H24N8O7S2/c1-11-7-16(35)15(8-26-11)20(36)27-17(12-3-5-14(34)6-4-12)21(37)28-18-22(38)33-19(24(39)40)13(9-41-23(18)33)10-42-25-29-30-31-32(25)2/h3-8,17-18,23,34H,9-10H2,1-2H3,(H,26,35)(H,27,36)(H,28,37)(H,39,40)/t17-,18+,23-/m0/s1. The molecule has 2 aliphatic rings. The van der Waals surface area contributed by atoms with Gasteiger partial charge in [0.05, 0.1) is 0 Å². The number of aromatic amines is 1. The van der Waals surface area contributed by atoms with Crippen LogP contribution in [-0.4, -0.2) is 86.9 Å². The molecule has 15 nitrogen and oxygen atoms in total. The number of carbonyl (C=O) groups excluding carboxylic acids is 3. The number of nitrogens with zero attached hydrogens (tertiary/aromatic N) is 5. The summed E-state index contributed by atoms with van der Waals surface area (Å²) < 4.78 is 1.45. The molecule has 17 heteroatoms. The van der Waals surface area contributed by atoms with Gasteiger partial charge in [0.1, 0.15) is 34.5 Å². The predicted octanol–water partition coefficient (Wildman–Crippen LogP) is -0.0856. The van der Waals surface area contributed by atoms with Gasteiger partial charge in [0.25, 0.3) is 11.8 Å². The predicted molar refractivity (Wildman–Crippen MR) is 149 cm³/mol. The van der Waals surface area contributed by atoms with E-state index >= 15 is 0 Å². The first-order valence-electron chi connectivity index (χ1n) is 12.4. The highest BCUT2D eigenvalue weighted by molar-refractivity contribution is 8.01. The van der Waals surface area contributed by atoms with Gasteiger partial charge in [-0.25, -0.2) is 9.48 Å². The summed E-state index contributed by atoms with van der Waals surface area (Å²) in [5.41, 5.74) is 0.417. The first kappa shape index (κ1) is 28.9. The summed E-state index contributed by atoms with van der Waals surface area (Å²) in [4.78, 5) is 68.1.